The maximum atomic E-state index is 14.2. The number of anilines is 1. The average molecular weight is 602 g/mol. The summed E-state index contributed by atoms with van der Waals surface area (Å²) in [6.07, 6.45) is -6.77. The van der Waals surface area contributed by atoms with E-state index in [0.29, 0.717) is 38.6 Å². The molecule has 0 aromatic heterocycles. The van der Waals surface area contributed by atoms with Crippen molar-refractivity contribution < 1.29 is 36.2 Å². The SMILES string of the molecule is COc1cccc(NCc2ccc(C3CC4(C)C(OC(F)(F)C(F)(F)F)CCC4C4CCC5=CC(=O)CCC5=C34)cc2)c1. The van der Waals surface area contributed by atoms with E-state index in [4.69, 9.17) is 4.74 Å². The third-order valence-electron chi connectivity index (χ3n) is 10.2. The van der Waals surface area contributed by atoms with Crippen molar-refractivity contribution in [3.63, 3.8) is 0 Å². The number of fused-ring (bicyclic) bond motifs is 4. The highest BCUT2D eigenvalue weighted by atomic mass is 19.4. The summed E-state index contributed by atoms with van der Waals surface area (Å²) in [5.41, 5.74) is 5.61. The molecule has 0 heterocycles. The second-order valence-corrected chi connectivity index (χ2v) is 12.6. The normalized spacial score (nSPS) is 29.0. The number of hydrogen-bond donors (Lipinski definition) is 1. The van der Waals surface area contributed by atoms with Crippen LogP contribution >= 0.6 is 0 Å². The number of methoxy groups -OCH3 is 1. The van der Waals surface area contributed by atoms with E-state index in [9.17, 15) is 26.7 Å². The number of benzene rings is 2. The summed E-state index contributed by atoms with van der Waals surface area (Å²) in [5.74, 6) is 0.687. The highest BCUT2D eigenvalue weighted by Gasteiger charge is 2.65. The highest BCUT2D eigenvalue weighted by molar-refractivity contribution is 5.93. The van der Waals surface area contributed by atoms with E-state index < -0.39 is 23.8 Å². The van der Waals surface area contributed by atoms with Gasteiger partial charge < -0.3 is 14.8 Å². The van der Waals surface area contributed by atoms with Gasteiger partial charge in [0, 0.05) is 30.6 Å². The smallest absolute Gasteiger partial charge is 0.482 e. The number of alkyl halides is 5. The Balaban J connectivity index is 1.32. The van der Waals surface area contributed by atoms with Crippen LogP contribution in [0, 0.1) is 17.3 Å². The number of rotatable bonds is 7. The molecule has 9 heteroatoms. The monoisotopic (exact) mass is 601 g/mol. The Morgan fingerprint density at radius 1 is 0.977 bits per heavy atom. The van der Waals surface area contributed by atoms with Crippen LogP contribution in [0.5, 0.6) is 5.75 Å². The van der Waals surface area contributed by atoms with Crippen molar-refractivity contribution in [3.8, 4) is 5.75 Å². The molecule has 230 valence electrons. The van der Waals surface area contributed by atoms with Crippen molar-refractivity contribution >= 4 is 11.5 Å². The number of carbonyl (C=O) groups is 1. The van der Waals surface area contributed by atoms with Gasteiger partial charge in [-0.1, -0.05) is 42.8 Å². The van der Waals surface area contributed by atoms with Crippen molar-refractivity contribution in [1.29, 1.82) is 0 Å². The maximum absolute atomic E-state index is 14.2. The number of ketones is 1. The molecule has 2 fully saturated rings. The fourth-order valence-electron chi connectivity index (χ4n) is 8.16. The Morgan fingerprint density at radius 3 is 2.47 bits per heavy atom. The zero-order chi connectivity index (χ0) is 30.6. The lowest BCUT2D eigenvalue weighted by molar-refractivity contribution is -0.408. The van der Waals surface area contributed by atoms with Gasteiger partial charge in [0.15, 0.2) is 5.78 Å². The van der Waals surface area contributed by atoms with Gasteiger partial charge in [-0.05, 0) is 96.3 Å². The van der Waals surface area contributed by atoms with Gasteiger partial charge in [-0.3, -0.25) is 4.79 Å². The van der Waals surface area contributed by atoms with Crippen LogP contribution in [0.15, 0.2) is 71.3 Å². The molecule has 2 aromatic rings. The van der Waals surface area contributed by atoms with Crippen LogP contribution in [0.1, 0.15) is 68.9 Å². The number of carbonyl (C=O) groups excluding carboxylic acids is 1. The van der Waals surface area contributed by atoms with Crippen molar-refractivity contribution in [2.45, 2.75) is 82.7 Å². The quantitative estimate of drug-likeness (QED) is 0.323. The summed E-state index contributed by atoms with van der Waals surface area (Å²) in [7, 11) is 1.62. The standard InChI is InChI=1S/C34H36F5NO3/c1-32-18-28(21-8-6-20(7-9-21)19-40-23-4-3-5-25(17-23)42-2)31-26-13-11-24(41)16-22(26)10-12-27(31)29(32)14-15-30(32)43-34(38,39)33(35,36)37/h3-9,16-17,27-30,40H,10-15,18-19H2,1-2H3. The number of hydrogen-bond acceptors (Lipinski definition) is 4. The first-order valence-corrected chi connectivity index (χ1v) is 15.0. The molecule has 43 heavy (non-hydrogen) atoms. The second-order valence-electron chi connectivity index (χ2n) is 12.6. The minimum atomic E-state index is -5.77. The fraction of sp³-hybridized carbons (Fsp3) is 0.500. The van der Waals surface area contributed by atoms with Gasteiger partial charge in [0.1, 0.15) is 5.75 Å². The van der Waals surface area contributed by atoms with E-state index in [1.165, 1.54) is 11.1 Å². The third kappa shape index (κ3) is 5.49. The summed E-state index contributed by atoms with van der Waals surface area (Å²) in [5, 5.41) is 3.39. The van der Waals surface area contributed by atoms with Crippen LogP contribution in [0.2, 0.25) is 0 Å². The molecule has 4 aliphatic rings. The van der Waals surface area contributed by atoms with Crippen LogP contribution < -0.4 is 10.1 Å². The topological polar surface area (TPSA) is 47.6 Å². The van der Waals surface area contributed by atoms with Crippen molar-refractivity contribution in [2.75, 3.05) is 12.4 Å². The van der Waals surface area contributed by atoms with E-state index in [2.05, 4.69) is 10.1 Å². The summed E-state index contributed by atoms with van der Waals surface area (Å²) in [6, 6.07) is 15.8. The molecule has 0 radical (unpaired) electrons. The molecule has 0 bridgehead atoms. The number of halogens is 5. The molecular formula is C34H36F5NO3. The first-order chi connectivity index (χ1) is 20.4. The lowest BCUT2D eigenvalue weighted by Crippen LogP contribution is -2.50. The van der Waals surface area contributed by atoms with Gasteiger partial charge >= 0.3 is 12.3 Å². The van der Waals surface area contributed by atoms with Crippen LogP contribution in [0.25, 0.3) is 0 Å². The highest BCUT2D eigenvalue weighted by Crippen LogP contribution is 2.65. The van der Waals surface area contributed by atoms with E-state index in [0.717, 1.165) is 34.6 Å². The van der Waals surface area contributed by atoms with Crippen molar-refractivity contribution in [2.24, 2.45) is 17.3 Å². The lowest BCUT2D eigenvalue weighted by Gasteiger charge is -2.52. The van der Waals surface area contributed by atoms with Crippen LogP contribution in [-0.4, -0.2) is 31.3 Å². The molecule has 0 amide bonds. The second kappa shape index (κ2) is 11.1. The number of nitrogens with one attached hydrogen (secondary N) is 1. The predicted molar refractivity (Wildman–Crippen MR) is 153 cm³/mol. The third-order valence-corrected chi connectivity index (χ3v) is 10.2. The summed E-state index contributed by atoms with van der Waals surface area (Å²) >= 11 is 0. The Morgan fingerprint density at radius 2 is 1.74 bits per heavy atom. The summed E-state index contributed by atoms with van der Waals surface area (Å²) in [6.45, 7) is 2.42. The largest absolute Gasteiger partial charge is 0.497 e. The molecule has 4 aliphatic carbocycles. The maximum Gasteiger partial charge on any atom is 0.482 e. The van der Waals surface area contributed by atoms with Gasteiger partial charge in [-0.25, -0.2) is 0 Å². The summed E-state index contributed by atoms with van der Waals surface area (Å²) in [4.78, 5) is 12.3. The van der Waals surface area contributed by atoms with E-state index in [1.54, 1.807) is 13.2 Å². The molecule has 6 rings (SSSR count). The molecule has 5 unspecified atom stereocenters. The molecule has 1 N–H and O–H groups in total. The molecular weight excluding hydrogens is 565 g/mol. The van der Waals surface area contributed by atoms with Gasteiger partial charge in [0.05, 0.1) is 13.2 Å². The van der Waals surface area contributed by atoms with E-state index >= 15 is 0 Å². The molecule has 2 saturated carbocycles. The van der Waals surface area contributed by atoms with Crippen molar-refractivity contribution in [3.05, 3.63) is 82.5 Å². The molecule has 0 saturated heterocycles. The Kier molecular flexibility index (Phi) is 7.68. The van der Waals surface area contributed by atoms with Gasteiger partial charge in [-0.2, -0.15) is 22.0 Å². The first kappa shape index (κ1) is 29.9. The van der Waals surface area contributed by atoms with Gasteiger partial charge in [0.2, 0.25) is 0 Å². The minimum Gasteiger partial charge on any atom is -0.497 e. The zero-order valence-electron chi connectivity index (χ0n) is 24.3. The fourth-order valence-corrected chi connectivity index (χ4v) is 8.16. The van der Waals surface area contributed by atoms with Gasteiger partial charge in [-0.15, -0.1) is 0 Å². The lowest BCUT2D eigenvalue weighted by atomic mass is 9.53. The molecule has 4 nitrogen and oxygen atoms in total. The Hall–Kier alpha value is -3.20. The number of ether oxygens (including phenoxy) is 2. The van der Waals surface area contributed by atoms with E-state index in [-0.39, 0.29) is 30.0 Å². The zero-order valence-corrected chi connectivity index (χ0v) is 24.3. The van der Waals surface area contributed by atoms with E-state index in [1.807, 2.05) is 55.5 Å². The molecule has 2 aromatic carbocycles. The molecule has 0 spiro atoms. The minimum absolute atomic E-state index is 0.0478. The Labute approximate surface area is 248 Å². The van der Waals surface area contributed by atoms with Crippen molar-refractivity contribution in [1.82, 2.24) is 0 Å². The van der Waals surface area contributed by atoms with Crippen LogP contribution in [0.4, 0.5) is 27.6 Å². The van der Waals surface area contributed by atoms with Crippen LogP contribution in [0.3, 0.4) is 0 Å². The van der Waals surface area contributed by atoms with Gasteiger partial charge in [0.25, 0.3) is 0 Å². The molecule has 5 atom stereocenters. The van der Waals surface area contributed by atoms with Crippen LogP contribution in [-0.2, 0) is 16.1 Å². The number of allylic oxidation sites excluding steroid dienone is 4. The average Bonchev–Trinajstić information content (AvgIpc) is 3.30. The Bertz CT molecular complexity index is 1450. The first-order valence-electron chi connectivity index (χ1n) is 15.0. The summed E-state index contributed by atoms with van der Waals surface area (Å²) < 4.78 is 77.9. The molecule has 0 aliphatic heterocycles. The predicted octanol–water partition coefficient (Wildman–Crippen LogP) is 8.75.